The van der Waals surface area contributed by atoms with E-state index in [1.807, 2.05) is 36.4 Å². The number of halogens is 1. The van der Waals surface area contributed by atoms with Gasteiger partial charge in [0, 0.05) is 29.4 Å². The topological polar surface area (TPSA) is 76.1 Å². The van der Waals surface area contributed by atoms with Crippen molar-refractivity contribution in [1.82, 2.24) is 15.3 Å². The van der Waals surface area contributed by atoms with Gasteiger partial charge in [0.15, 0.2) is 0 Å². The lowest BCUT2D eigenvalue weighted by molar-refractivity contribution is 0.0951. The molecule has 7 heteroatoms. The van der Waals surface area contributed by atoms with Gasteiger partial charge in [-0.15, -0.1) is 0 Å². The van der Waals surface area contributed by atoms with Crippen LogP contribution in [-0.2, 0) is 6.54 Å². The molecule has 6 nitrogen and oxygen atoms in total. The van der Waals surface area contributed by atoms with E-state index in [1.54, 1.807) is 37.4 Å². The summed E-state index contributed by atoms with van der Waals surface area (Å²) in [5.41, 5.74) is 3.79. The lowest BCUT2D eigenvalue weighted by Gasteiger charge is -2.09. The van der Waals surface area contributed by atoms with Gasteiger partial charge in [-0.3, -0.25) is 4.79 Å². The number of nitrogens with zero attached hydrogens (tertiary/aromatic N) is 2. The number of amides is 1. The molecule has 0 aliphatic carbocycles. The van der Waals surface area contributed by atoms with Gasteiger partial charge in [0.25, 0.3) is 5.91 Å². The SMILES string of the molecule is COc1ccc(CNC(=O)c2ccc(Nc3cc(-c4ccc(F)cc4)ncn3)cc2)cc1. The Morgan fingerprint density at radius 2 is 1.66 bits per heavy atom. The highest BCUT2D eigenvalue weighted by Crippen LogP contribution is 2.21. The number of aromatic nitrogens is 2. The van der Waals surface area contributed by atoms with E-state index < -0.39 is 0 Å². The van der Waals surface area contributed by atoms with E-state index >= 15 is 0 Å². The number of methoxy groups -OCH3 is 1. The molecule has 0 aliphatic rings. The zero-order valence-electron chi connectivity index (χ0n) is 17.4. The number of rotatable bonds is 7. The van der Waals surface area contributed by atoms with Gasteiger partial charge in [-0.1, -0.05) is 12.1 Å². The predicted molar refractivity (Wildman–Crippen MR) is 121 cm³/mol. The van der Waals surface area contributed by atoms with Crippen LogP contribution in [0.1, 0.15) is 15.9 Å². The molecule has 160 valence electrons. The molecular formula is C25H21FN4O2. The first-order chi connectivity index (χ1) is 15.6. The molecule has 0 saturated heterocycles. The third-order valence-corrected chi connectivity index (χ3v) is 4.84. The minimum Gasteiger partial charge on any atom is -0.497 e. The van der Waals surface area contributed by atoms with Crippen LogP contribution in [0.3, 0.4) is 0 Å². The molecule has 1 aromatic heterocycles. The second-order valence-electron chi connectivity index (χ2n) is 7.03. The summed E-state index contributed by atoms with van der Waals surface area (Å²) in [6.07, 6.45) is 1.45. The highest BCUT2D eigenvalue weighted by molar-refractivity contribution is 5.94. The van der Waals surface area contributed by atoms with Crippen molar-refractivity contribution < 1.29 is 13.9 Å². The van der Waals surface area contributed by atoms with Crippen molar-refractivity contribution in [2.45, 2.75) is 6.54 Å². The summed E-state index contributed by atoms with van der Waals surface area (Å²) in [5, 5.41) is 6.10. The Balaban J connectivity index is 1.37. The molecule has 0 spiro atoms. The van der Waals surface area contributed by atoms with Crippen LogP contribution in [0, 0.1) is 5.82 Å². The molecule has 0 saturated carbocycles. The number of carbonyl (C=O) groups excluding carboxylic acids is 1. The van der Waals surface area contributed by atoms with Crippen molar-refractivity contribution in [1.29, 1.82) is 0 Å². The highest BCUT2D eigenvalue weighted by Gasteiger charge is 2.07. The van der Waals surface area contributed by atoms with Crippen LogP contribution >= 0.6 is 0 Å². The molecule has 1 heterocycles. The number of ether oxygens (including phenoxy) is 1. The van der Waals surface area contributed by atoms with Crippen LogP contribution in [0.25, 0.3) is 11.3 Å². The summed E-state index contributed by atoms with van der Waals surface area (Å²) in [6.45, 7) is 0.427. The second kappa shape index (κ2) is 9.70. The third-order valence-electron chi connectivity index (χ3n) is 4.84. The number of carbonyl (C=O) groups is 1. The van der Waals surface area contributed by atoms with Crippen LogP contribution in [0.15, 0.2) is 85.2 Å². The maximum absolute atomic E-state index is 13.1. The summed E-state index contributed by atoms with van der Waals surface area (Å²) in [5.74, 6) is 0.912. The maximum Gasteiger partial charge on any atom is 0.251 e. The monoisotopic (exact) mass is 428 g/mol. The Labute approximate surface area is 185 Å². The fourth-order valence-corrected chi connectivity index (χ4v) is 3.08. The van der Waals surface area contributed by atoms with Gasteiger partial charge in [0.1, 0.15) is 23.7 Å². The largest absolute Gasteiger partial charge is 0.497 e. The van der Waals surface area contributed by atoms with Gasteiger partial charge in [-0.2, -0.15) is 0 Å². The normalized spacial score (nSPS) is 10.4. The van der Waals surface area contributed by atoms with Gasteiger partial charge in [0.05, 0.1) is 12.8 Å². The van der Waals surface area contributed by atoms with Gasteiger partial charge in [-0.05, 0) is 66.2 Å². The number of hydrogen-bond acceptors (Lipinski definition) is 5. The van der Waals surface area contributed by atoms with Gasteiger partial charge >= 0.3 is 0 Å². The Morgan fingerprint density at radius 3 is 2.34 bits per heavy atom. The maximum atomic E-state index is 13.1. The molecule has 32 heavy (non-hydrogen) atoms. The van der Waals surface area contributed by atoms with Gasteiger partial charge < -0.3 is 15.4 Å². The zero-order chi connectivity index (χ0) is 22.3. The first kappa shape index (κ1) is 21.0. The van der Waals surface area contributed by atoms with Crippen molar-refractivity contribution in [3.63, 3.8) is 0 Å². The first-order valence-corrected chi connectivity index (χ1v) is 9.97. The molecular weight excluding hydrogens is 407 g/mol. The first-order valence-electron chi connectivity index (χ1n) is 9.97. The summed E-state index contributed by atoms with van der Waals surface area (Å²) in [7, 11) is 1.62. The molecule has 3 aromatic carbocycles. The Morgan fingerprint density at radius 1 is 0.938 bits per heavy atom. The van der Waals surface area contributed by atoms with E-state index in [2.05, 4.69) is 20.6 Å². The molecule has 0 bridgehead atoms. The minimum atomic E-state index is -0.297. The second-order valence-corrected chi connectivity index (χ2v) is 7.03. The molecule has 0 fully saturated rings. The average Bonchev–Trinajstić information content (AvgIpc) is 2.84. The molecule has 0 unspecified atom stereocenters. The zero-order valence-corrected chi connectivity index (χ0v) is 17.4. The number of anilines is 2. The van der Waals surface area contributed by atoms with Crippen molar-refractivity contribution in [3.05, 3.63) is 102 Å². The highest BCUT2D eigenvalue weighted by atomic mass is 19.1. The average molecular weight is 428 g/mol. The minimum absolute atomic E-state index is 0.159. The third kappa shape index (κ3) is 5.26. The van der Waals surface area contributed by atoms with Crippen LogP contribution in [0.4, 0.5) is 15.9 Å². The number of hydrogen-bond donors (Lipinski definition) is 2. The lowest BCUT2D eigenvalue weighted by atomic mass is 10.1. The number of benzene rings is 3. The smallest absolute Gasteiger partial charge is 0.251 e. The molecule has 0 radical (unpaired) electrons. The van der Waals surface area contributed by atoms with E-state index in [1.165, 1.54) is 18.5 Å². The predicted octanol–water partition coefficient (Wildman–Crippen LogP) is 4.96. The van der Waals surface area contributed by atoms with Crippen molar-refractivity contribution in [2.24, 2.45) is 0 Å². The van der Waals surface area contributed by atoms with E-state index in [-0.39, 0.29) is 11.7 Å². The van der Waals surface area contributed by atoms with E-state index in [9.17, 15) is 9.18 Å². The molecule has 4 aromatic rings. The fourth-order valence-electron chi connectivity index (χ4n) is 3.08. The van der Waals surface area contributed by atoms with Gasteiger partial charge in [0.2, 0.25) is 0 Å². The van der Waals surface area contributed by atoms with Crippen LogP contribution in [0.5, 0.6) is 5.75 Å². The van der Waals surface area contributed by atoms with Crippen LogP contribution < -0.4 is 15.4 Å². The van der Waals surface area contributed by atoms with Crippen LogP contribution in [-0.4, -0.2) is 23.0 Å². The van der Waals surface area contributed by atoms with Crippen molar-refractivity contribution >= 4 is 17.4 Å². The summed E-state index contributed by atoms with van der Waals surface area (Å²) in [4.78, 5) is 20.9. The Bertz CT molecular complexity index is 1190. The fraction of sp³-hybridized carbons (Fsp3) is 0.0800. The Kier molecular flexibility index (Phi) is 6.36. The molecule has 0 atom stereocenters. The molecule has 1 amide bonds. The standard InChI is InChI=1S/C25H21FN4O2/c1-32-22-12-2-17(3-13-22)15-27-25(31)19-6-10-21(11-7-19)30-24-14-23(28-16-29-24)18-4-8-20(26)9-5-18/h2-14,16H,15H2,1H3,(H,27,31)(H,28,29,30). The van der Waals surface area contributed by atoms with E-state index in [0.29, 0.717) is 23.6 Å². The molecule has 4 rings (SSSR count). The molecule has 2 N–H and O–H groups in total. The van der Waals surface area contributed by atoms with E-state index in [4.69, 9.17) is 4.74 Å². The molecule has 0 aliphatic heterocycles. The summed E-state index contributed by atoms with van der Waals surface area (Å²) < 4.78 is 18.3. The summed E-state index contributed by atoms with van der Waals surface area (Å²) in [6, 6.07) is 22.5. The van der Waals surface area contributed by atoms with E-state index in [0.717, 1.165) is 22.6 Å². The number of nitrogens with one attached hydrogen (secondary N) is 2. The van der Waals surface area contributed by atoms with Crippen molar-refractivity contribution in [2.75, 3.05) is 12.4 Å². The van der Waals surface area contributed by atoms with Gasteiger partial charge in [-0.25, -0.2) is 14.4 Å². The lowest BCUT2D eigenvalue weighted by Crippen LogP contribution is -2.22. The van der Waals surface area contributed by atoms with Crippen LogP contribution in [0.2, 0.25) is 0 Å². The summed E-state index contributed by atoms with van der Waals surface area (Å²) >= 11 is 0. The quantitative estimate of drug-likeness (QED) is 0.435. The van der Waals surface area contributed by atoms with Crippen molar-refractivity contribution in [3.8, 4) is 17.0 Å². The Hall–Kier alpha value is -4.26.